The summed E-state index contributed by atoms with van der Waals surface area (Å²) in [5.41, 5.74) is 0.385. The Kier molecular flexibility index (Phi) is 2.58. The molecule has 0 saturated heterocycles. The maximum atomic E-state index is 14.0. The van der Waals surface area contributed by atoms with Crippen molar-refractivity contribution in [3.05, 3.63) is 29.6 Å². The molecule has 0 amide bonds. The number of methoxy groups -OCH3 is 1. The number of hydrogen-bond donors (Lipinski definition) is 1. The van der Waals surface area contributed by atoms with E-state index in [9.17, 15) is 9.50 Å². The molecule has 2 fully saturated rings. The van der Waals surface area contributed by atoms with E-state index in [1.165, 1.54) is 13.5 Å². The zero-order valence-electron chi connectivity index (χ0n) is 9.90. The molecule has 0 aromatic heterocycles. The molecule has 2 aliphatic carbocycles. The second kappa shape index (κ2) is 3.98. The number of hydrogen-bond acceptors (Lipinski definition) is 2. The number of benzene rings is 1. The largest absolute Gasteiger partial charge is 0.494 e. The van der Waals surface area contributed by atoms with Gasteiger partial charge in [-0.05, 0) is 43.1 Å². The third-order valence-electron chi connectivity index (χ3n) is 4.26. The minimum Gasteiger partial charge on any atom is -0.494 e. The van der Waals surface area contributed by atoms with Crippen molar-refractivity contribution in [2.75, 3.05) is 7.11 Å². The summed E-state index contributed by atoms with van der Waals surface area (Å²) in [5.74, 6) is 1.61. The summed E-state index contributed by atoms with van der Waals surface area (Å²) in [6.07, 6.45) is 2.72. The number of rotatable bonds is 3. The van der Waals surface area contributed by atoms with Crippen molar-refractivity contribution in [1.82, 2.24) is 0 Å². The quantitative estimate of drug-likeness (QED) is 0.874. The van der Waals surface area contributed by atoms with Crippen LogP contribution in [0.15, 0.2) is 18.2 Å². The SMILES string of the molecule is COc1cccc(C(O)C2CC3CC3C2)c1F. The first kappa shape index (κ1) is 11.0. The first-order valence-corrected chi connectivity index (χ1v) is 6.21. The van der Waals surface area contributed by atoms with Crippen molar-refractivity contribution in [2.45, 2.75) is 25.4 Å². The van der Waals surface area contributed by atoms with Crippen LogP contribution in [0.3, 0.4) is 0 Å². The Hall–Kier alpha value is -1.09. The van der Waals surface area contributed by atoms with E-state index in [1.54, 1.807) is 18.2 Å². The molecule has 1 N–H and O–H groups in total. The molecule has 3 heteroatoms. The zero-order valence-corrected chi connectivity index (χ0v) is 9.90. The summed E-state index contributed by atoms with van der Waals surface area (Å²) in [4.78, 5) is 0. The van der Waals surface area contributed by atoms with Crippen LogP contribution in [0.4, 0.5) is 4.39 Å². The fraction of sp³-hybridized carbons (Fsp3) is 0.571. The third kappa shape index (κ3) is 1.82. The van der Waals surface area contributed by atoms with Gasteiger partial charge >= 0.3 is 0 Å². The molecule has 3 atom stereocenters. The van der Waals surface area contributed by atoms with Gasteiger partial charge in [-0.2, -0.15) is 0 Å². The summed E-state index contributed by atoms with van der Waals surface area (Å²) in [6.45, 7) is 0. The van der Waals surface area contributed by atoms with Crippen LogP contribution in [-0.4, -0.2) is 12.2 Å². The zero-order chi connectivity index (χ0) is 12.0. The van der Waals surface area contributed by atoms with E-state index in [4.69, 9.17) is 4.74 Å². The van der Waals surface area contributed by atoms with Crippen molar-refractivity contribution < 1.29 is 14.2 Å². The van der Waals surface area contributed by atoms with Gasteiger partial charge in [0.2, 0.25) is 0 Å². The standard InChI is InChI=1S/C14H17FO2/c1-17-12-4-2-3-11(13(12)15)14(16)10-6-8-5-9(8)7-10/h2-4,8-10,14,16H,5-7H2,1H3. The Balaban J connectivity index is 1.83. The second-order valence-corrected chi connectivity index (χ2v) is 5.30. The molecule has 0 heterocycles. The molecule has 0 radical (unpaired) electrons. The molecule has 1 aromatic rings. The lowest BCUT2D eigenvalue weighted by Gasteiger charge is -2.21. The number of halogens is 1. The van der Waals surface area contributed by atoms with Crippen LogP contribution in [0.1, 0.15) is 30.9 Å². The lowest BCUT2D eigenvalue weighted by Crippen LogP contribution is -2.13. The number of aliphatic hydroxyl groups is 1. The molecule has 1 aromatic carbocycles. The van der Waals surface area contributed by atoms with Crippen LogP contribution in [0, 0.1) is 23.6 Å². The minimum absolute atomic E-state index is 0.213. The van der Waals surface area contributed by atoms with E-state index in [1.807, 2.05) is 0 Å². The van der Waals surface area contributed by atoms with Gasteiger partial charge in [0.15, 0.2) is 11.6 Å². The topological polar surface area (TPSA) is 29.5 Å². The fourth-order valence-electron chi connectivity index (χ4n) is 3.19. The first-order valence-electron chi connectivity index (χ1n) is 6.21. The van der Waals surface area contributed by atoms with Crippen molar-refractivity contribution in [2.24, 2.45) is 17.8 Å². The second-order valence-electron chi connectivity index (χ2n) is 5.30. The van der Waals surface area contributed by atoms with E-state index in [-0.39, 0.29) is 11.7 Å². The summed E-state index contributed by atoms with van der Waals surface area (Å²) in [6, 6.07) is 4.97. The molecule has 2 saturated carbocycles. The average Bonchev–Trinajstić information content (AvgIpc) is 2.96. The van der Waals surface area contributed by atoms with E-state index >= 15 is 0 Å². The average molecular weight is 236 g/mol. The van der Waals surface area contributed by atoms with Gasteiger partial charge in [-0.25, -0.2) is 4.39 Å². The molecular weight excluding hydrogens is 219 g/mol. The van der Waals surface area contributed by atoms with Crippen LogP contribution in [0.5, 0.6) is 5.75 Å². The molecule has 3 rings (SSSR count). The molecule has 0 aliphatic heterocycles. The highest BCUT2D eigenvalue weighted by Gasteiger charge is 2.48. The number of aliphatic hydroxyl groups excluding tert-OH is 1. The van der Waals surface area contributed by atoms with Crippen LogP contribution < -0.4 is 4.74 Å². The predicted molar refractivity (Wildman–Crippen MR) is 62.2 cm³/mol. The molecule has 2 nitrogen and oxygen atoms in total. The first-order chi connectivity index (χ1) is 8.20. The fourth-order valence-corrected chi connectivity index (χ4v) is 3.19. The summed E-state index contributed by atoms with van der Waals surface area (Å²) in [7, 11) is 1.44. The van der Waals surface area contributed by atoms with Gasteiger partial charge in [-0.15, -0.1) is 0 Å². The summed E-state index contributed by atoms with van der Waals surface area (Å²) in [5, 5.41) is 10.3. The minimum atomic E-state index is -0.683. The van der Waals surface area contributed by atoms with Crippen molar-refractivity contribution in [3.8, 4) is 5.75 Å². The molecule has 17 heavy (non-hydrogen) atoms. The smallest absolute Gasteiger partial charge is 0.170 e. The van der Waals surface area contributed by atoms with Crippen LogP contribution in [0.25, 0.3) is 0 Å². The lowest BCUT2D eigenvalue weighted by atomic mass is 9.91. The van der Waals surface area contributed by atoms with Gasteiger partial charge in [-0.3, -0.25) is 0 Å². The highest BCUT2D eigenvalue weighted by Crippen LogP contribution is 2.57. The van der Waals surface area contributed by atoms with Crippen molar-refractivity contribution in [3.63, 3.8) is 0 Å². The van der Waals surface area contributed by atoms with Gasteiger partial charge < -0.3 is 9.84 Å². The van der Waals surface area contributed by atoms with Crippen LogP contribution >= 0.6 is 0 Å². The Labute approximate surface area is 100 Å². The third-order valence-corrected chi connectivity index (χ3v) is 4.26. The molecule has 0 spiro atoms. The van der Waals surface area contributed by atoms with E-state index in [2.05, 4.69) is 0 Å². The van der Waals surface area contributed by atoms with E-state index in [0.29, 0.717) is 5.56 Å². The molecule has 0 bridgehead atoms. The lowest BCUT2D eigenvalue weighted by molar-refractivity contribution is 0.100. The maximum absolute atomic E-state index is 14.0. The van der Waals surface area contributed by atoms with Gasteiger partial charge in [0.05, 0.1) is 13.2 Å². The van der Waals surface area contributed by atoms with Gasteiger partial charge in [0.25, 0.3) is 0 Å². The summed E-state index contributed by atoms with van der Waals surface area (Å²) >= 11 is 0. The highest BCUT2D eigenvalue weighted by molar-refractivity contribution is 5.33. The Morgan fingerprint density at radius 3 is 2.65 bits per heavy atom. The molecule has 2 aliphatic rings. The van der Waals surface area contributed by atoms with Crippen LogP contribution in [0.2, 0.25) is 0 Å². The Bertz CT molecular complexity index is 422. The van der Waals surface area contributed by atoms with Crippen LogP contribution in [-0.2, 0) is 0 Å². The van der Waals surface area contributed by atoms with Gasteiger partial charge in [0, 0.05) is 5.56 Å². The Morgan fingerprint density at radius 1 is 1.29 bits per heavy atom. The van der Waals surface area contributed by atoms with Crippen molar-refractivity contribution >= 4 is 0 Å². The molecular formula is C14H17FO2. The van der Waals surface area contributed by atoms with Gasteiger partial charge in [0.1, 0.15) is 0 Å². The van der Waals surface area contributed by atoms with Crippen molar-refractivity contribution in [1.29, 1.82) is 0 Å². The van der Waals surface area contributed by atoms with E-state index < -0.39 is 11.9 Å². The van der Waals surface area contributed by atoms with E-state index in [0.717, 1.165) is 24.7 Å². The normalized spacial score (nSPS) is 32.1. The maximum Gasteiger partial charge on any atom is 0.170 e. The number of fused-ring (bicyclic) bond motifs is 1. The predicted octanol–water partition coefficient (Wildman–Crippen LogP) is 2.91. The highest BCUT2D eigenvalue weighted by atomic mass is 19.1. The molecule has 92 valence electrons. The molecule has 3 unspecified atom stereocenters. The Morgan fingerprint density at radius 2 is 2.00 bits per heavy atom. The van der Waals surface area contributed by atoms with Gasteiger partial charge in [-0.1, -0.05) is 12.1 Å². The summed E-state index contributed by atoms with van der Waals surface area (Å²) < 4.78 is 18.9. The number of ether oxygens (including phenoxy) is 1. The monoisotopic (exact) mass is 236 g/mol.